The van der Waals surface area contributed by atoms with Crippen molar-refractivity contribution in [3.05, 3.63) is 102 Å². The second-order valence-electron chi connectivity index (χ2n) is 7.88. The van der Waals surface area contributed by atoms with Gasteiger partial charge in [-0.2, -0.15) is 0 Å². The molecule has 1 aromatic heterocycles. The number of thiazole rings is 1. The first-order valence-electron chi connectivity index (χ1n) is 10.9. The number of carbonyl (C=O) groups excluding carboxylic acids is 1. The van der Waals surface area contributed by atoms with Crippen LogP contribution in [0.5, 0.6) is 5.75 Å². The molecule has 0 fully saturated rings. The van der Waals surface area contributed by atoms with Gasteiger partial charge < -0.3 is 4.74 Å². The van der Waals surface area contributed by atoms with Crippen LogP contribution in [0.1, 0.15) is 10.4 Å². The van der Waals surface area contributed by atoms with Gasteiger partial charge in [-0.05, 0) is 53.2 Å². The van der Waals surface area contributed by atoms with Crippen LogP contribution in [0.3, 0.4) is 0 Å². The molecule has 7 nitrogen and oxygen atoms in total. The fraction of sp³-hybridized carbons (Fsp3) is 0.0370. The van der Waals surface area contributed by atoms with E-state index in [1.165, 1.54) is 30.6 Å². The molecule has 0 aliphatic heterocycles. The topological polar surface area (TPSA) is 97.4 Å². The van der Waals surface area contributed by atoms with Crippen LogP contribution in [0.15, 0.2) is 101 Å². The number of nitrogens with one attached hydrogen (secondary N) is 2. The molecule has 0 aliphatic rings. The minimum atomic E-state index is -3.92. The largest absolute Gasteiger partial charge is 0.497 e. The molecule has 2 N–H and O–H groups in total. The molecule has 0 bridgehead atoms. The van der Waals surface area contributed by atoms with Gasteiger partial charge in [-0.25, -0.2) is 13.4 Å². The van der Waals surface area contributed by atoms with Gasteiger partial charge in [0.2, 0.25) is 0 Å². The normalized spacial score (nSPS) is 11.2. The fourth-order valence-corrected chi connectivity index (χ4v) is 5.50. The first-order valence-corrected chi connectivity index (χ1v) is 13.3. The summed E-state index contributed by atoms with van der Waals surface area (Å²) in [6, 6.07) is 26.6. The fourth-order valence-electron chi connectivity index (χ4n) is 3.71. The Balaban J connectivity index is 1.35. The van der Waals surface area contributed by atoms with E-state index in [0.29, 0.717) is 10.9 Å². The number of ether oxygens (including phenoxy) is 1. The number of sulfonamides is 1. The summed E-state index contributed by atoms with van der Waals surface area (Å²) in [6.45, 7) is 0. The molecule has 0 saturated carbocycles. The quantitative estimate of drug-likeness (QED) is 0.276. The van der Waals surface area contributed by atoms with Crippen LogP contribution in [0.4, 0.5) is 10.8 Å². The summed E-state index contributed by atoms with van der Waals surface area (Å²) in [5, 5.41) is 7.31. The molecule has 0 aliphatic carbocycles. The summed E-state index contributed by atoms with van der Waals surface area (Å²) < 4.78 is 33.4. The number of nitrogens with zero attached hydrogens (tertiary/aromatic N) is 1. The number of aromatic nitrogens is 1. The number of fused-ring (bicyclic) bond motifs is 1. The molecule has 0 spiro atoms. The summed E-state index contributed by atoms with van der Waals surface area (Å²) in [6.07, 6.45) is 0. The van der Waals surface area contributed by atoms with E-state index < -0.39 is 15.9 Å². The Morgan fingerprint density at radius 3 is 2.39 bits per heavy atom. The number of rotatable bonds is 7. The number of methoxy groups -OCH3 is 1. The highest BCUT2D eigenvalue weighted by Gasteiger charge is 2.19. The molecular formula is C27H21N3O4S2. The number of hydrogen-bond acceptors (Lipinski definition) is 6. The van der Waals surface area contributed by atoms with E-state index in [0.717, 1.165) is 22.0 Å². The third-order valence-corrected chi connectivity index (χ3v) is 7.69. The van der Waals surface area contributed by atoms with E-state index in [4.69, 9.17) is 4.74 Å². The average molecular weight is 516 g/mol. The first-order chi connectivity index (χ1) is 17.4. The Morgan fingerprint density at radius 2 is 1.61 bits per heavy atom. The van der Waals surface area contributed by atoms with Crippen LogP contribution in [0, 0.1) is 0 Å². The molecule has 0 saturated heterocycles. The number of carbonyl (C=O) groups is 1. The third kappa shape index (κ3) is 4.93. The van der Waals surface area contributed by atoms with Crippen molar-refractivity contribution in [2.45, 2.75) is 4.90 Å². The van der Waals surface area contributed by atoms with E-state index in [9.17, 15) is 13.2 Å². The summed E-state index contributed by atoms with van der Waals surface area (Å²) in [5.41, 5.74) is 2.03. The van der Waals surface area contributed by atoms with E-state index in [-0.39, 0.29) is 16.1 Å². The Hall–Kier alpha value is -4.21. The van der Waals surface area contributed by atoms with Gasteiger partial charge in [0.15, 0.2) is 5.13 Å². The number of hydrogen-bond donors (Lipinski definition) is 2. The van der Waals surface area contributed by atoms with Gasteiger partial charge in [-0.15, -0.1) is 11.3 Å². The van der Waals surface area contributed by atoms with Crippen molar-refractivity contribution < 1.29 is 17.9 Å². The molecule has 9 heteroatoms. The highest BCUT2D eigenvalue weighted by molar-refractivity contribution is 7.92. The lowest BCUT2D eigenvalue weighted by atomic mass is 10.1. The van der Waals surface area contributed by atoms with Gasteiger partial charge in [-0.3, -0.25) is 14.8 Å². The van der Waals surface area contributed by atoms with Crippen LogP contribution in [0.2, 0.25) is 0 Å². The van der Waals surface area contributed by atoms with E-state index in [1.807, 2.05) is 41.8 Å². The smallest absolute Gasteiger partial charge is 0.261 e. The van der Waals surface area contributed by atoms with Gasteiger partial charge >= 0.3 is 0 Å². The standard InChI is InChI=1S/C27H21N3O4S2/c1-34-21-12-14-22(15-13-21)36(32,33)30-24-9-5-4-8-23(24)26(31)29-27-28-25(17-35-27)20-11-10-18-6-2-3-7-19(18)16-20/h2-17,30H,1H3,(H,28,29,31). The van der Waals surface area contributed by atoms with Gasteiger partial charge in [0.1, 0.15) is 5.75 Å². The predicted octanol–water partition coefficient (Wildman–Crippen LogP) is 6.03. The lowest BCUT2D eigenvalue weighted by molar-refractivity contribution is 0.102. The Kier molecular flexibility index (Phi) is 6.41. The van der Waals surface area contributed by atoms with Crippen LogP contribution in [-0.4, -0.2) is 26.4 Å². The summed E-state index contributed by atoms with van der Waals surface area (Å²) in [5.74, 6) is 0.0719. The number of benzene rings is 4. The predicted molar refractivity (Wildman–Crippen MR) is 143 cm³/mol. The minimum Gasteiger partial charge on any atom is -0.497 e. The van der Waals surface area contributed by atoms with Crippen molar-refractivity contribution >= 4 is 48.9 Å². The SMILES string of the molecule is COc1ccc(S(=O)(=O)Nc2ccccc2C(=O)Nc2nc(-c3ccc4ccccc4c3)cs2)cc1. The van der Waals surface area contributed by atoms with E-state index >= 15 is 0 Å². The van der Waals surface area contributed by atoms with E-state index in [2.05, 4.69) is 21.1 Å². The highest BCUT2D eigenvalue weighted by Crippen LogP contribution is 2.29. The van der Waals surface area contributed by atoms with Gasteiger partial charge in [0.05, 0.1) is 29.0 Å². The zero-order valence-electron chi connectivity index (χ0n) is 19.1. The second-order valence-corrected chi connectivity index (χ2v) is 10.4. The van der Waals surface area contributed by atoms with Crippen LogP contribution in [-0.2, 0) is 10.0 Å². The summed E-state index contributed by atoms with van der Waals surface area (Å²) >= 11 is 1.30. The van der Waals surface area contributed by atoms with Crippen molar-refractivity contribution in [3.8, 4) is 17.0 Å². The number of amides is 1. The second kappa shape index (κ2) is 9.80. The van der Waals surface area contributed by atoms with Crippen molar-refractivity contribution in [1.82, 2.24) is 4.98 Å². The molecule has 4 aromatic carbocycles. The molecule has 1 heterocycles. The van der Waals surface area contributed by atoms with Crippen LogP contribution < -0.4 is 14.8 Å². The minimum absolute atomic E-state index is 0.0541. The van der Waals surface area contributed by atoms with Gasteiger partial charge in [0, 0.05) is 10.9 Å². The molecule has 0 atom stereocenters. The average Bonchev–Trinajstić information content (AvgIpc) is 3.37. The molecule has 180 valence electrons. The summed E-state index contributed by atoms with van der Waals surface area (Å²) in [7, 11) is -2.41. The Labute approximate surface area is 212 Å². The van der Waals surface area contributed by atoms with Gasteiger partial charge in [-0.1, -0.05) is 48.5 Å². The first kappa shape index (κ1) is 23.5. The number of anilines is 2. The van der Waals surface area contributed by atoms with Crippen molar-refractivity contribution in [2.24, 2.45) is 0 Å². The molecule has 5 rings (SSSR count). The lowest BCUT2D eigenvalue weighted by Gasteiger charge is -2.12. The molecule has 1 amide bonds. The maximum atomic E-state index is 13.1. The van der Waals surface area contributed by atoms with Crippen molar-refractivity contribution in [1.29, 1.82) is 0 Å². The molecule has 0 unspecified atom stereocenters. The van der Waals surface area contributed by atoms with Crippen LogP contribution in [0.25, 0.3) is 22.0 Å². The monoisotopic (exact) mass is 515 g/mol. The maximum absolute atomic E-state index is 13.1. The van der Waals surface area contributed by atoms with Gasteiger partial charge in [0.25, 0.3) is 15.9 Å². The Bertz CT molecular complexity index is 1660. The molecule has 0 radical (unpaired) electrons. The molecular weight excluding hydrogens is 494 g/mol. The zero-order valence-corrected chi connectivity index (χ0v) is 20.8. The highest BCUT2D eigenvalue weighted by atomic mass is 32.2. The van der Waals surface area contributed by atoms with Crippen LogP contribution >= 0.6 is 11.3 Å². The van der Waals surface area contributed by atoms with Crippen molar-refractivity contribution in [2.75, 3.05) is 17.1 Å². The zero-order chi connectivity index (χ0) is 25.1. The Morgan fingerprint density at radius 1 is 0.889 bits per heavy atom. The summed E-state index contributed by atoms with van der Waals surface area (Å²) in [4.78, 5) is 17.7. The third-order valence-electron chi connectivity index (χ3n) is 5.56. The number of para-hydroxylation sites is 1. The lowest BCUT2D eigenvalue weighted by Crippen LogP contribution is -2.18. The molecule has 36 heavy (non-hydrogen) atoms. The van der Waals surface area contributed by atoms with E-state index in [1.54, 1.807) is 36.4 Å². The van der Waals surface area contributed by atoms with Crippen molar-refractivity contribution in [3.63, 3.8) is 0 Å². The maximum Gasteiger partial charge on any atom is 0.261 e. The molecule has 5 aromatic rings.